The molecule has 0 fully saturated rings. The molecule has 0 aliphatic rings. The minimum atomic E-state index is -4.40. The molecule has 8 heteroatoms. The van der Waals surface area contributed by atoms with Crippen molar-refractivity contribution in [2.24, 2.45) is 10.9 Å². The van der Waals surface area contributed by atoms with Crippen molar-refractivity contribution >= 4 is 5.96 Å². The van der Waals surface area contributed by atoms with E-state index in [1.54, 1.807) is 12.1 Å². The van der Waals surface area contributed by atoms with Crippen LogP contribution in [-0.4, -0.2) is 36.8 Å². The average Bonchev–Trinajstić information content (AvgIpc) is 2.50. The number of hydrogen-bond donors (Lipinski definition) is 2. The van der Waals surface area contributed by atoms with E-state index >= 15 is 0 Å². The fourth-order valence-corrected chi connectivity index (χ4v) is 1.81. The molecule has 2 N–H and O–H groups in total. The van der Waals surface area contributed by atoms with Crippen LogP contribution in [0.4, 0.5) is 13.2 Å². The number of halogens is 3. The van der Waals surface area contributed by atoms with Crippen LogP contribution in [0.5, 0.6) is 5.88 Å². The Bertz CT molecular complexity index is 518. The first kappa shape index (κ1) is 20.1. The van der Waals surface area contributed by atoms with Gasteiger partial charge in [-0.1, -0.05) is 19.9 Å². The summed E-state index contributed by atoms with van der Waals surface area (Å²) >= 11 is 0. The summed E-state index contributed by atoms with van der Waals surface area (Å²) in [4.78, 5) is 8.24. The van der Waals surface area contributed by atoms with Gasteiger partial charge in [0.25, 0.3) is 0 Å². The summed E-state index contributed by atoms with van der Waals surface area (Å²) in [5, 5.41) is 6.30. The van der Waals surface area contributed by atoms with Crippen LogP contribution in [0.1, 0.15) is 32.8 Å². The van der Waals surface area contributed by atoms with Crippen LogP contribution in [0, 0.1) is 5.92 Å². The maximum Gasteiger partial charge on any atom is 0.422 e. The molecule has 0 saturated heterocycles. The van der Waals surface area contributed by atoms with Gasteiger partial charge in [0.05, 0.1) is 6.54 Å². The van der Waals surface area contributed by atoms with E-state index in [2.05, 4.69) is 34.5 Å². The summed E-state index contributed by atoms with van der Waals surface area (Å²) in [7, 11) is 0. The SMILES string of the molecule is CCNC(=NCc1cccnc1OCC(F)(F)F)NCCC(C)C. The Morgan fingerprint density at radius 2 is 2.08 bits per heavy atom. The molecule has 1 aromatic rings. The second-order valence-electron chi connectivity index (χ2n) is 5.68. The van der Waals surface area contributed by atoms with Crippen molar-refractivity contribution < 1.29 is 17.9 Å². The Morgan fingerprint density at radius 3 is 2.71 bits per heavy atom. The molecular weight excluding hydrogens is 321 g/mol. The number of aromatic nitrogens is 1. The van der Waals surface area contributed by atoms with Gasteiger partial charge in [-0.05, 0) is 25.3 Å². The molecule has 0 aromatic carbocycles. The third kappa shape index (κ3) is 8.59. The molecule has 0 atom stereocenters. The van der Waals surface area contributed by atoms with Crippen LogP contribution in [0.25, 0.3) is 0 Å². The molecular formula is C16H25F3N4O. The molecule has 0 spiro atoms. The molecule has 0 bridgehead atoms. The van der Waals surface area contributed by atoms with Gasteiger partial charge in [0.1, 0.15) is 0 Å². The van der Waals surface area contributed by atoms with Crippen molar-refractivity contribution in [3.05, 3.63) is 23.9 Å². The summed E-state index contributed by atoms with van der Waals surface area (Å²) in [6.45, 7) is 6.48. The predicted molar refractivity (Wildman–Crippen MR) is 88.1 cm³/mol. The molecule has 5 nitrogen and oxygen atoms in total. The molecule has 0 radical (unpaired) electrons. The summed E-state index contributed by atoms with van der Waals surface area (Å²) in [5.41, 5.74) is 0.503. The summed E-state index contributed by atoms with van der Waals surface area (Å²) < 4.78 is 41.6. The van der Waals surface area contributed by atoms with Crippen molar-refractivity contribution in [1.29, 1.82) is 0 Å². The first-order chi connectivity index (χ1) is 11.3. The standard InChI is InChI=1S/C16H25F3N4O/c1-4-20-15(22-9-7-12(2)3)23-10-13-6-5-8-21-14(13)24-11-16(17,18)19/h5-6,8,12H,4,7,9-11H2,1-3H3,(H2,20,22,23). The highest BCUT2D eigenvalue weighted by Gasteiger charge is 2.29. The molecule has 1 rings (SSSR count). The average molecular weight is 346 g/mol. The Labute approximate surface area is 140 Å². The van der Waals surface area contributed by atoms with Crippen LogP contribution in [-0.2, 0) is 6.54 Å². The molecule has 0 unspecified atom stereocenters. The van der Waals surface area contributed by atoms with Crippen LogP contribution in [0.15, 0.2) is 23.3 Å². The normalized spacial score (nSPS) is 12.4. The zero-order valence-corrected chi connectivity index (χ0v) is 14.3. The highest BCUT2D eigenvalue weighted by molar-refractivity contribution is 5.79. The van der Waals surface area contributed by atoms with Gasteiger partial charge >= 0.3 is 6.18 Å². The van der Waals surface area contributed by atoms with Gasteiger partial charge in [-0.25, -0.2) is 9.98 Å². The number of alkyl halides is 3. The lowest BCUT2D eigenvalue weighted by molar-refractivity contribution is -0.154. The van der Waals surface area contributed by atoms with E-state index in [-0.39, 0.29) is 12.4 Å². The Hall–Kier alpha value is -1.99. The Morgan fingerprint density at radius 1 is 1.33 bits per heavy atom. The molecule has 1 heterocycles. The third-order valence-electron chi connectivity index (χ3n) is 2.99. The smallest absolute Gasteiger partial charge is 0.422 e. The van der Waals surface area contributed by atoms with Crippen molar-refractivity contribution in [3.63, 3.8) is 0 Å². The lowest BCUT2D eigenvalue weighted by atomic mass is 10.1. The van der Waals surface area contributed by atoms with E-state index in [1.165, 1.54) is 6.20 Å². The van der Waals surface area contributed by atoms with E-state index in [4.69, 9.17) is 4.74 Å². The van der Waals surface area contributed by atoms with Crippen LogP contribution < -0.4 is 15.4 Å². The van der Waals surface area contributed by atoms with Gasteiger partial charge in [-0.3, -0.25) is 0 Å². The molecule has 0 amide bonds. The van der Waals surface area contributed by atoms with Gasteiger partial charge in [-0.15, -0.1) is 0 Å². The summed E-state index contributed by atoms with van der Waals surface area (Å²) in [5.74, 6) is 1.14. The molecule has 0 saturated carbocycles. The molecule has 0 aliphatic carbocycles. The fourth-order valence-electron chi connectivity index (χ4n) is 1.81. The highest BCUT2D eigenvalue weighted by Crippen LogP contribution is 2.20. The van der Waals surface area contributed by atoms with Gasteiger partial charge in [0.15, 0.2) is 12.6 Å². The lowest BCUT2D eigenvalue weighted by Gasteiger charge is -2.13. The maximum absolute atomic E-state index is 12.3. The zero-order valence-electron chi connectivity index (χ0n) is 14.3. The maximum atomic E-state index is 12.3. The van der Waals surface area contributed by atoms with Crippen molar-refractivity contribution in [3.8, 4) is 5.88 Å². The van der Waals surface area contributed by atoms with Crippen LogP contribution >= 0.6 is 0 Å². The first-order valence-corrected chi connectivity index (χ1v) is 7.97. The second kappa shape index (κ2) is 10.00. The van der Waals surface area contributed by atoms with E-state index < -0.39 is 12.8 Å². The number of guanidine groups is 1. The van der Waals surface area contributed by atoms with Gasteiger partial charge in [0.2, 0.25) is 5.88 Å². The highest BCUT2D eigenvalue weighted by atomic mass is 19.4. The second-order valence-corrected chi connectivity index (χ2v) is 5.68. The van der Waals surface area contributed by atoms with Crippen LogP contribution in [0.2, 0.25) is 0 Å². The first-order valence-electron chi connectivity index (χ1n) is 7.97. The quantitative estimate of drug-likeness (QED) is 0.561. The Kier molecular flexibility index (Phi) is 8.35. The van der Waals surface area contributed by atoms with Crippen LogP contribution in [0.3, 0.4) is 0 Å². The number of pyridine rings is 1. The van der Waals surface area contributed by atoms with Gasteiger partial charge in [0, 0.05) is 24.8 Å². The number of nitrogens with one attached hydrogen (secondary N) is 2. The van der Waals surface area contributed by atoms with E-state index in [9.17, 15) is 13.2 Å². The predicted octanol–water partition coefficient (Wildman–Crippen LogP) is 3.12. The fraction of sp³-hybridized carbons (Fsp3) is 0.625. The monoisotopic (exact) mass is 346 g/mol. The molecule has 1 aromatic heterocycles. The van der Waals surface area contributed by atoms with Gasteiger partial charge in [-0.2, -0.15) is 13.2 Å². The summed E-state index contributed by atoms with van der Waals surface area (Å²) in [6.07, 6.45) is -2.01. The van der Waals surface area contributed by atoms with E-state index in [1.807, 2.05) is 6.92 Å². The Balaban J connectivity index is 2.70. The zero-order chi connectivity index (χ0) is 18.0. The lowest BCUT2D eigenvalue weighted by Crippen LogP contribution is -2.38. The minimum Gasteiger partial charge on any atom is -0.468 e. The number of ether oxygens (including phenoxy) is 1. The largest absolute Gasteiger partial charge is 0.468 e. The number of nitrogens with zero attached hydrogens (tertiary/aromatic N) is 2. The topological polar surface area (TPSA) is 58.5 Å². The number of rotatable bonds is 8. The number of aliphatic imine (C=N–C) groups is 1. The van der Waals surface area contributed by atoms with Crippen molar-refractivity contribution in [2.45, 2.75) is 39.9 Å². The molecule has 0 aliphatic heterocycles. The van der Waals surface area contributed by atoms with Crippen molar-refractivity contribution in [2.75, 3.05) is 19.7 Å². The minimum absolute atomic E-state index is 0.0448. The van der Waals surface area contributed by atoms with Gasteiger partial charge < -0.3 is 15.4 Å². The molecule has 136 valence electrons. The number of hydrogen-bond acceptors (Lipinski definition) is 3. The van der Waals surface area contributed by atoms with E-state index in [0.717, 1.165) is 13.0 Å². The summed E-state index contributed by atoms with van der Waals surface area (Å²) in [6, 6.07) is 3.30. The van der Waals surface area contributed by atoms with Crippen molar-refractivity contribution in [1.82, 2.24) is 15.6 Å². The molecule has 24 heavy (non-hydrogen) atoms. The third-order valence-corrected chi connectivity index (χ3v) is 2.99. The van der Waals surface area contributed by atoms with E-state index in [0.29, 0.717) is 24.0 Å².